The fourth-order valence-electron chi connectivity index (χ4n) is 1.48. The average molecular weight is 233 g/mol. The van der Waals surface area contributed by atoms with Crippen LogP contribution in [-0.2, 0) is 6.42 Å². The number of halogens is 2. The molecule has 2 nitrogen and oxygen atoms in total. The van der Waals surface area contributed by atoms with Crippen molar-refractivity contribution in [3.63, 3.8) is 0 Å². The van der Waals surface area contributed by atoms with Gasteiger partial charge in [-0.25, -0.2) is 8.78 Å². The van der Waals surface area contributed by atoms with Crippen molar-refractivity contribution in [3.05, 3.63) is 65.5 Å². The highest BCUT2D eigenvalue weighted by atomic mass is 19.1. The van der Waals surface area contributed by atoms with Gasteiger partial charge in [-0.05, 0) is 35.9 Å². The van der Waals surface area contributed by atoms with Gasteiger partial charge in [0.25, 0.3) is 0 Å². The monoisotopic (exact) mass is 233 g/mol. The predicted molar refractivity (Wildman–Crippen MR) is 58.6 cm³/mol. The average Bonchev–Trinajstić information content (AvgIpc) is 2.35. The molecule has 1 aromatic carbocycles. The smallest absolute Gasteiger partial charge is 0.168 e. The number of pyridine rings is 1. The third kappa shape index (κ3) is 2.72. The molecule has 0 N–H and O–H groups in total. The van der Waals surface area contributed by atoms with E-state index in [4.69, 9.17) is 0 Å². The van der Waals surface area contributed by atoms with Crippen molar-refractivity contribution in [1.82, 2.24) is 4.98 Å². The topological polar surface area (TPSA) is 30.0 Å². The zero-order valence-electron chi connectivity index (χ0n) is 8.86. The van der Waals surface area contributed by atoms with Gasteiger partial charge < -0.3 is 0 Å². The first kappa shape index (κ1) is 11.4. The van der Waals surface area contributed by atoms with E-state index in [1.165, 1.54) is 6.20 Å². The SMILES string of the molecule is O=C(Cc1cc(F)ccc1F)c1cccnc1. The molecule has 2 aromatic rings. The maximum absolute atomic E-state index is 13.3. The van der Waals surface area contributed by atoms with E-state index in [1.807, 2.05) is 0 Å². The van der Waals surface area contributed by atoms with Crippen LogP contribution in [0.2, 0.25) is 0 Å². The van der Waals surface area contributed by atoms with E-state index >= 15 is 0 Å². The Morgan fingerprint density at radius 1 is 1.24 bits per heavy atom. The standard InChI is InChI=1S/C13H9F2NO/c14-11-3-4-12(15)10(6-11)7-13(17)9-2-1-5-16-8-9/h1-6,8H,7H2. The molecule has 2 rings (SSSR count). The van der Waals surface area contributed by atoms with Gasteiger partial charge >= 0.3 is 0 Å². The highest BCUT2D eigenvalue weighted by molar-refractivity contribution is 5.97. The third-order valence-corrected chi connectivity index (χ3v) is 2.34. The Bertz CT molecular complexity index is 540. The lowest BCUT2D eigenvalue weighted by Gasteiger charge is -2.02. The van der Waals surface area contributed by atoms with E-state index < -0.39 is 11.6 Å². The number of benzene rings is 1. The first-order chi connectivity index (χ1) is 8.16. The van der Waals surface area contributed by atoms with Crippen LogP contribution in [0.15, 0.2) is 42.7 Å². The van der Waals surface area contributed by atoms with Crippen LogP contribution in [-0.4, -0.2) is 10.8 Å². The van der Waals surface area contributed by atoms with Crippen molar-refractivity contribution in [3.8, 4) is 0 Å². The summed E-state index contributed by atoms with van der Waals surface area (Å²) in [6, 6.07) is 6.28. The molecule has 0 spiro atoms. The second-order valence-corrected chi connectivity index (χ2v) is 3.58. The van der Waals surface area contributed by atoms with E-state index in [9.17, 15) is 13.6 Å². The number of rotatable bonds is 3. The molecule has 4 heteroatoms. The van der Waals surface area contributed by atoms with Crippen LogP contribution < -0.4 is 0 Å². The molecule has 0 bridgehead atoms. The molecule has 0 amide bonds. The second kappa shape index (κ2) is 4.82. The lowest BCUT2D eigenvalue weighted by atomic mass is 10.0. The van der Waals surface area contributed by atoms with Gasteiger partial charge in [-0.1, -0.05) is 0 Å². The van der Waals surface area contributed by atoms with Crippen LogP contribution in [0, 0.1) is 11.6 Å². The number of carbonyl (C=O) groups is 1. The van der Waals surface area contributed by atoms with Gasteiger partial charge in [0, 0.05) is 24.4 Å². The van der Waals surface area contributed by atoms with Crippen molar-refractivity contribution in [2.24, 2.45) is 0 Å². The van der Waals surface area contributed by atoms with Crippen LogP contribution >= 0.6 is 0 Å². The molecule has 86 valence electrons. The zero-order valence-corrected chi connectivity index (χ0v) is 8.86. The van der Waals surface area contributed by atoms with Crippen molar-refractivity contribution >= 4 is 5.78 Å². The summed E-state index contributed by atoms with van der Waals surface area (Å²) in [5.41, 5.74) is 0.440. The summed E-state index contributed by atoms with van der Waals surface area (Å²) in [6.45, 7) is 0. The van der Waals surface area contributed by atoms with Gasteiger partial charge in [-0.3, -0.25) is 9.78 Å². The van der Waals surface area contributed by atoms with E-state index in [-0.39, 0.29) is 17.8 Å². The quantitative estimate of drug-likeness (QED) is 0.763. The van der Waals surface area contributed by atoms with E-state index in [0.717, 1.165) is 18.2 Å². The molecule has 0 saturated carbocycles. The molecule has 0 aliphatic heterocycles. The first-order valence-electron chi connectivity index (χ1n) is 5.04. The lowest BCUT2D eigenvalue weighted by molar-refractivity contribution is 0.0991. The molecule has 0 unspecified atom stereocenters. The molecule has 1 heterocycles. The van der Waals surface area contributed by atoms with Gasteiger partial charge in [0.15, 0.2) is 5.78 Å². The fraction of sp³-hybridized carbons (Fsp3) is 0.0769. The molecule has 0 atom stereocenters. The Labute approximate surface area is 96.9 Å². The van der Waals surface area contributed by atoms with Crippen LogP contribution in [0.3, 0.4) is 0 Å². The zero-order chi connectivity index (χ0) is 12.3. The molecular weight excluding hydrogens is 224 g/mol. The van der Waals surface area contributed by atoms with Crippen molar-refractivity contribution in [2.75, 3.05) is 0 Å². The second-order valence-electron chi connectivity index (χ2n) is 3.58. The summed E-state index contributed by atoms with van der Waals surface area (Å²) in [7, 11) is 0. The highest BCUT2D eigenvalue weighted by Crippen LogP contribution is 2.12. The number of Topliss-reactive ketones (excluding diaryl/α,β-unsaturated/α-hetero) is 1. The Balaban J connectivity index is 2.22. The first-order valence-corrected chi connectivity index (χ1v) is 5.04. The largest absolute Gasteiger partial charge is 0.294 e. The van der Waals surface area contributed by atoms with Gasteiger partial charge in [0.05, 0.1) is 0 Å². The third-order valence-electron chi connectivity index (χ3n) is 2.34. The summed E-state index contributed by atoms with van der Waals surface area (Å²) >= 11 is 0. The molecule has 0 saturated heterocycles. The summed E-state index contributed by atoms with van der Waals surface area (Å²) in [4.78, 5) is 15.5. The maximum atomic E-state index is 13.3. The lowest BCUT2D eigenvalue weighted by Crippen LogP contribution is -2.05. The number of ketones is 1. The van der Waals surface area contributed by atoms with Gasteiger partial charge in [-0.2, -0.15) is 0 Å². The summed E-state index contributed by atoms with van der Waals surface area (Å²) < 4.78 is 26.2. The summed E-state index contributed by atoms with van der Waals surface area (Å²) in [6.07, 6.45) is 2.77. The minimum Gasteiger partial charge on any atom is -0.294 e. The normalized spacial score (nSPS) is 10.2. The summed E-state index contributed by atoms with van der Waals surface area (Å²) in [5.74, 6) is -1.42. The molecule has 0 radical (unpaired) electrons. The van der Waals surface area contributed by atoms with Crippen LogP contribution in [0.5, 0.6) is 0 Å². The van der Waals surface area contributed by atoms with Crippen molar-refractivity contribution in [1.29, 1.82) is 0 Å². The van der Waals surface area contributed by atoms with E-state index in [0.29, 0.717) is 5.56 Å². The molecule has 0 fully saturated rings. The molecule has 0 aliphatic carbocycles. The number of carbonyl (C=O) groups excluding carboxylic acids is 1. The molecule has 17 heavy (non-hydrogen) atoms. The van der Waals surface area contributed by atoms with Gasteiger partial charge in [0.2, 0.25) is 0 Å². The summed E-state index contributed by atoms with van der Waals surface area (Å²) in [5, 5.41) is 0. The minimum absolute atomic E-state index is 0.0545. The van der Waals surface area contributed by atoms with E-state index in [1.54, 1.807) is 18.3 Å². The fourth-order valence-corrected chi connectivity index (χ4v) is 1.48. The van der Waals surface area contributed by atoms with Crippen LogP contribution in [0.25, 0.3) is 0 Å². The van der Waals surface area contributed by atoms with E-state index in [2.05, 4.69) is 4.98 Å². The van der Waals surface area contributed by atoms with Gasteiger partial charge in [0.1, 0.15) is 11.6 Å². The van der Waals surface area contributed by atoms with Crippen LogP contribution in [0.1, 0.15) is 15.9 Å². The Morgan fingerprint density at radius 3 is 2.76 bits per heavy atom. The number of hydrogen-bond donors (Lipinski definition) is 0. The number of aromatic nitrogens is 1. The molecular formula is C13H9F2NO. The Kier molecular flexibility index (Phi) is 3.23. The van der Waals surface area contributed by atoms with Crippen LogP contribution in [0.4, 0.5) is 8.78 Å². The minimum atomic E-state index is -0.580. The number of nitrogens with zero attached hydrogens (tertiary/aromatic N) is 1. The Hall–Kier alpha value is -2.10. The van der Waals surface area contributed by atoms with Gasteiger partial charge in [-0.15, -0.1) is 0 Å². The van der Waals surface area contributed by atoms with Crippen molar-refractivity contribution in [2.45, 2.75) is 6.42 Å². The maximum Gasteiger partial charge on any atom is 0.168 e. The molecule has 1 aromatic heterocycles. The molecule has 0 aliphatic rings. The highest BCUT2D eigenvalue weighted by Gasteiger charge is 2.11. The number of hydrogen-bond acceptors (Lipinski definition) is 2. The Morgan fingerprint density at radius 2 is 2.06 bits per heavy atom. The van der Waals surface area contributed by atoms with Crippen molar-refractivity contribution < 1.29 is 13.6 Å². The predicted octanol–water partition coefficient (Wildman–Crippen LogP) is 2.79.